The SMILES string of the molecule is C=CCNC(=NCC1(C2CC2)CC1)NCC. The molecule has 3 heteroatoms. The van der Waals surface area contributed by atoms with E-state index in [-0.39, 0.29) is 0 Å². The number of hydrogen-bond donors (Lipinski definition) is 2. The molecule has 2 N–H and O–H groups in total. The summed E-state index contributed by atoms with van der Waals surface area (Å²) in [5, 5.41) is 6.52. The van der Waals surface area contributed by atoms with Gasteiger partial charge in [0.2, 0.25) is 0 Å². The van der Waals surface area contributed by atoms with Gasteiger partial charge in [0.1, 0.15) is 0 Å². The molecule has 0 spiro atoms. The Morgan fingerprint density at radius 2 is 2.19 bits per heavy atom. The fourth-order valence-electron chi connectivity index (χ4n) is 2.30. The van der Waals surface area contributed by atoms with Crippen LogP contribution in [0.1, 0.15) is 32.6 Å². The average Bonchev–Trinajstić information content (AvgIpc) is 3.15. The summed E-state index contributed by atoms with van der Waals surface area (Å²) in [7, 11) is 0. The van der Waals surface area contributed by atoms with E-state index in [2.05, 4.69) is 24.1 Å². The lowest BCUT2D eigenvalue weighted by Gasteiger charge is -2.13. The molecule has 0 saturated heterocycles. The van der Waals surface area contributed by atoms with E-state index in [9.17, 15) is 0 Å². The third-order valence-corrected chi connectivity index (χ3v) is 3.65. The van der Waals surface area contributed by atoms with Gasteiger partial charge in [-0.05, 0) is 43.9 Å². The molecule has 16 heavy (non-hydrogen) atoms. The molecular weight excluding hydrogens is 198 g/mol. The zero-order valence-electron chi connectivity index (χ0n) is 10.3. The molecule has 2 aliphatic carbocycles. The smallest absolute Gasteiger partial charge is 0.191 e. The van der Waals surface area contributed by atoms with Crippen molar-refractivity contribution in [1.29, 1.82) is 0 Å². The van der Waals surface area contributed by atoms with Gasteiger partial charge in [-0.2, -0.15) is 0 Å². The number of guanidine groups is 1. The minimum atomic E-state index is 0.594. The van der Waals surface area contributed by atoms with Crippen molar-refractivity contribution in [3.8, 4) is 0 Å². The van der Waals surface area contributed by atoms with Crippen molar-refractivity contribution < 1.29 is 0 Å². The molecule has 0 bridgehead atoms. The number of aliphatic imine (C=N–C) groups is 1. The highest BCUT2D eigenvalue weighted by Crippen LogP contribution is 2.61. The molecular formula is C13H23N3. The van der Waals surface area contributed by atoms with Crippen molar-refractivity contribution in [3.63, 3.8) is 0 Å². The van der Waals surface area contributed by atoms with Crippen LogP contribution in [0.15, 0.2) is 17.6 Å². The molecule has 0 atom stereocenters. The first-order valence-corrected chi connectivity index (χ1v) is 6.44. The second-order valence-corrected chi connectivity index (χ2v) is 5.00. The Balaban J connectivity index is 1.83. The number of nitrogens with one attached hydrogen (secondary N) is 2. The Bertz CT molecular complexity index is 275. The van der Waals surface area contributed by atoms with Crippen LogP contribution in [0.25, 0.3) is 0 Å². The van der Waals surface area contributed by atoms with Crippen molar-refractivity contribution >= 4 is 5.96 Å². The fourth-order valence-corrected chi connectivity index (χ4v) is 2.30. The van der Waals surface area contributed by atoms with Crippen molar-refractivity contribution in [3.05, 3.63) is 12.7 Å². The van der Waals surface area contributed by atoms with Gasteiger partial charge in [-0.3, -0.25) is 4.99 Å². The first-order valence-electron chi connectivity index (χ1n) is 6.44. The molecule has 0 aromatic carbocycles. The largest absolute Gasteiger partial charge is 0.357 e. The van der Waals surface area contributed by atoms with Crippen molar-refractivity contribution in [2.75, 3.05) is 19.6 Å². The standard InChI is InChI=1S/C13H23N3/c1-3-9-15-12(14-4-2)16-10-13(7-8-13)11-5-6-11/h3,11H,1,4-10H2,2H3,(H2,14,15,16). The van der Waals surface area contributed by atoms with Crippen LogP contribution < -0.4 is 10.6 Å². The lowest BCUT2D eigenvalue weighted by atomic mass is 10.0. The van der Waals surface area contributed by atoms with E-state index < -0.39 is 0 Å². The molecule has 3 nitrogen and oxygen atoms in total. The fraction of sp³-hybridized carbons (Fsp3) is 0.769. The third-order valence-electron chi connectivity index (χ3n) is 3.65. The lowest BCUT2D eigenvalue weighted by Crippen LogP contribution is -2.37. The zero-order chi connectivity index (χ0) is 11.4. The Kier molecular flexibility index (Phi) is 3.52. The Morgan fingerprint density at radius 1 is 1.44 bits per heavy atom. The van der Waals surface area contributed by atoms with Crippen molar-refractivity contribution in [1.82, 2.24) is 10.6 Å². The molecule has 0 aromatic heterocycles. The number of hydrogen-bond acceptors (Lipinski definition) is 1. The van der Waals surface area contributed by atoms with Crippen LogP contribution in [0.5, 0.6) is 0 Å². The molecule has 0 heterocycles. The van der Waals surface area contributed by atoms with Gasteiger partial charge in [-0.15, -0.1) is 6.58 Å². The highest BCUT2D eigenvalue weighted by atomic mass is 15.2. The summed E-state index contributed by atoms with van der Waals surface area (Å²) in [4.78, 5) is 4.69. The van der Waals surface area contributed by atoms with Gasteiger partial charge < -0.3 is 10.6 Å². The molecule has 0 aliphatic heterocycles. The van der Waals surface area contributed by atoms with Crippen molar-refractivity contribution in [2.24, 2.45) is 16.3 Å². The van der Waals surface area contributed by atoms with E-state index in [1.807, 2.05) is 6.08 Å². The molecule has 2 fully saturated rings. The molecule has 0 amide bonds. The molecule has 2 aliphatic rings. The average molecular weight is 221 g/mol. The number of rotatable bonds is 6. The van der Waals surface area contributed by atoms with Gasteiger partial charge in [0.05, 0.1) is 0 Å². The van der Waals surface area contributed by atoms with E-state index in [0.717, 1.165) is 31.5 Å². The second kappa shape index (κ2) is 4.89. The monoisotopic (exact) mass is 221 g/mol. The summed E-state index contributed by atoms with van der Waals surface area (Å²) in [5.74, 6) is 1.92. The van der Waals surface area contributed by atoms with E-state index in [4.69, 9.17) is 4.99 Å². The summed E-state index contributed by atoms with van der Waals surface area (Å²) in [6.45, 7) is 8.50. The Morgan fingerprint density at radius 3 is 2.69 bits per heavy atom. The van der Waals surface area contributed by atoms with Crippen LogP contribution in [0.4, 0.5) is 0 Å². The molecule has 0 radical (unpaired) electrons. The molecule has 2 rings (SSSR count). The summed E-state index contributed by atoms with van der Waals surface area (Å²) >= 11 is 0. The predicted molar refractivity (Wildman–Crippen MR) is 68.6 cm³/mol. The maximum atomic E-state index is 4.69. The van der Waals surface area contributed by atoms with E-state index in [1.165, 1.54) is 25.7 Å². The number of nitrogens with zero attached hydrogens (tertiary/aromatic N) is 1. The summed E-state index contributed by atoms with van der Waals surface area (Å²) < 4.78 is 0. The third kappa shape index (κ3) is 2.77. The van der Waals surface area contributed by atoms with E-state index >= 15 is 0 Å². The minimum absolute atomic E-state index is 0.594. The van der Waals surface area contributed by atoms with E-state index in [1.54, 1.807) is 0 Å². The van der Waals surface area contributed by atoms with Gasteiger partial charge in [0.15, 0.2) is 5.96 Å². The zero-order valence-corrected chi connectivity index (χ0v) is 10.3. The van der Waals surface area contributed by atoms with Crippen molar-refractivity contribution in [2.45, 2.75) is 32.6 Å². The lowest BCUT2D eigenvalue weighted by molar-refractivity contribution is 0.452. The molecule has 90 valence electrons. The first-order chi connectivity index (χ1) is 7.80. The van der Waals surface area contributed by atoms with Gasteiger partial charge in [-0.1, -0.05) is 6.08 Å². The summed E-state index contributed by atoms with van der Waals surface area (Å²) in [6, 6.07) is 0. The maximum absolute atomic E-state index is 4.69. The minimum Gasteiger partial charge on any atom is -0.357 e. The van der Waals surface area contributed by atoms with Crippen LogP contribution in [0.2, 0.25) is 0 Å². The topological polar surface area (TPSA) is 36.4 Å². The Labute approximate surface area is 98.4 Å². The van der Waals surface area contributed by atoms with Crippen LogP contribution in [0.3, 0.4) is 0 Å². The maximum Gasteiger partial charge on any atom is 0.191 e. The van der Waals surface area contributed by atoms with Crippen LogP contribution in [-0.4, -0.2) is 25.6 Å². The summed E-state index contributed by atoms with van der Waals surface area (Å²) in [6.07, 6.45) is 7.52. The quantitative estimate of drug-likeness (QED) is 0.408. The Hall–Kier alpha value is -0.990. The van der Waals surface area contributed by atoms with Gasteiger partial charge in [0.25, 0.3) is 0 Å². The predicted octanol–water partition coefficient (Wildman–Crippen LogP) is 1.92. The second-order valence-electron chi connectivity index (χ2n) is 5.00. The van der Waals surface area contributed by atoms with Gasteiger partial charge in [-0.25, -0.2) is 0 Å². The van der Waals surface area contributed by atoms with Crippen LogP contribution in [-0.2, 0) is 0 Å². The highest BCUT2D eigenvalue weighted by molar-refractivity contribution is 5.79. The normalized spacial score (nSPS) is 22.7. The van der Waals surface area contributed by atoms with Gasteiger partial charge in [0, 0.05) is 19.6 Å². The van der Waals surface area contributed by atoms with E-state index in [0.29, 0.717) is 5.41 Å². The molecule has 0 unspecified atom stereocenters. The highest BCUT2D eigenvalue weighted by Gasteiger charge is 2.53. The first kappa shape index (κ1) is 11.5. The summed E-state index contributed by atoms with van der Waals surface area (Å²) in [5.41, 5.74) is 0.594. The molecule has 0 aromatic rings. The van der Waals surface area contributed by atoms with Gasteiger partial charge >= 0.3 is 0 Å². The van der Waals surface area contributed by atoms with Crippen LogP contribution in [0, 0.1) is 11.3 Å². The van der Waals surface area contributed by atoms with Crippen LogP contribution >= 0.6 is 0 Å². The molecule has 2 saturated carbocycles.